The molecule has 0 radical (unpaired) electrons. The largest absolute Gasteiger partial charge is 0.314 e. The van der Waals surface area contributed by atoms with Gasteiger partial charge in [0.05, 0.1) is 0 Å². The van der Waals surface area contributed by atoms with Crippen LogP contribution in [0.1, 0.15) is 27.7 Å². The van der Waals surface area contributed by atoms with E-state index < -0.39 is 0 Å². The molecule has 0 aromatic carbocycles. The molecule has 0 aromatic heterocycles. The maximum Gasteiger partial charge on any atom is 0.0206 e. The minimum atomic E-state index is 0.694. The van der Waals surface area contributed by atoms with Crippen LogP contribution in [0.3, 0.4) is 0 Å². The van der Waals surface area contributed by atoms with Crippen LogP contribution in [-0.4, -0.2) is 23.9 Å². The lowest BCUT2D eigenvalue weighted by molar-refractivity contribution is -0.0596. The van der Waals surface area contributed by atoms with Crippen LogP contribution in [-0.2, 0) is 0 Å². The van der Waals surface area contributed by atoms with Crippen molar-refractivity contribution < 1.29 is 5.21 Å². The van der Waals surface area contributed by atoms with E-state index in [9.17, 15) is 0 Å². The number of hydroxylamine groups is 2. The Bertz CT molecular complexity index is 41.4. The molecule has 0 saturated carbocycles. The first kappa shape index (κ1) is 11.7. The number of hydrogen-bond acceptors (Lipinski definition) is 2. The molecule has 2 nitrogen and oxygen atoms in total. The lowest BCUT2D eigenvalue weighted by atomic mass is 10.3. The van der Waals surface area contributed by atoms with E-state index in [1.807, 2.05) is 6.92 Å². The topological polar surface area (TPSA) is 23.5 Å². The van der Waals surface area contributed by atoms with Crippen molar-refractivity contribution >= 4 is 0 Å². The van der Waals surface area contributed by atoms with Crippen LogP contribution >= 0.6 is 0 Å². The summed E-state index contributed by atoms with van der Waals surface area (Å²) in [5.74, 6) is 0.833. The van der Waals surface area contributed by atoms with Crippen molar-refractivity contribution in [3.8, 4) is 0 Å². The van der Waals surface area contributed by atoms with Gasteiger partial charge in [0.1, 0.15) is 0 Å². The van der Waals surface area contributed by atoms with E-state index >= 15 is 0 Å². The van der Waals surface area contributed by atoms with Gasteiger partial charge in [-0.2, -0.15) is 5.06 Å². The van der Waals surface area contributed by atoms with Crippen LogP contribution < -0.4 is 0 Å². The zero-order chi connectivity index (χ0) is 7.86. The van der Waals surface area contributed by atoms with Gasteiger partial charge in [0.25, 0.3) is 0 Å². The summed E-state index contributed by atoms with van der Waals surface area (Å²) in [6, 6.07) is 0. The van der Waals surface area contributed by atoms with Gasteiger partial charge in [0.2, 0.25) is 0 Å². The van der Waals surface area contributed by atoms with Gasteiger partial charge in [0, 0.05) is 13.6 Å². The van der Waals surface area contributed by atoms with Gasteiger partial charge in [-0.15, -0.1) is 0 Å². The predicted molar refractivity (Wildman–Crippen MR) is 40.6 cm³/mol. The monoisotopic (exact) mass is 133 g/mol. The molecule has 0 bridgehead atoms. The highest BCUT2D eigenvalue weighted by atomic mass is 16.5. The average molecular weight is 133 g/mol. The molecular weight excluding hydrogens is 114 g/mol. The fourth-order valence-corrected chi connectivity index (χ4v) is 0. The van der Waals surface area contributed by atoms with Crippen LogP contribution in [0.5, 0.6) is 0 Å². The first-order chi connectivity index (χ1) is 4.00. The highest BCUT2D eigenvalue weighted by Crippen LogP contribution is 1.81. The fourth-order valence-electron chi connectivity index (χ4n) is 0. The highest BCUT2D eigenvalue weighted by molar-refractivity contribution is 4.20. The van der Waals surface area contributed by atoms with Gasteiger partial charge in [-0.05, 0) is 5.92 Å². The van der Waals surface area contributed by atoms with Gasteiger partial charge in [-0.1, -0.05) is 27.7 Å². The predicted octanol–water partition coefficient (Wildman–Crippen LogP) is 1.99. The molecule has 0 unspecified atom stereocenters. The van der Waals surface area contributed by atoms with Crippen molar-refractivity contribution in [2.75, 3.05) is 13.6 Å². The standard InChI is InChI=1S/C4H10.C3H9NO/c1-4(2)3;1-3-4(2)5/h4H,1-3H3;5H,3H2,1-2H3. The highest BCUT2D eigenvalue weighted by Gasteiger charge is 1.74. The molecule has 0 amide bonds. The third-order valence-electron chi connectivity index (χ3n) is 0.458. The van der Waals surface area contributed by atoms with E-state index in [0.29, 0.717) is 6.54 Å². The van der Waals surface area contributed by atoms with Crippen molar-refractivity contribution in [1.29, 1.82) is 0 Å². The van der Waals surface area contributed by atoms with Gasteiger partial charge in [0.15, 0.2) is 0 Å². The summed E-state index contributed by atoms with van der Waals surface area (Å²) in [5, 5.41) is 9.32. The van der Waals surface area contributed by atoms with E-state index in [1.165, 1.54) is 0 Å². The number of hydrogen-bond donors (Lipinski definition) is 1. The Balaban J connectivity index is 0. The molecule has 0 spiro atoms. The second kappa shape index (κ2) is 7.92. The number of rotatable bonds is 1. The summed E-state index contributed by atoms with van der Waals surface area (Å²) in [4.78, 5) is 0. The van der Waals surface area contributed by atoms with Crippen LogP contribution in [0.2, 0.25) is 0 Å². The Labute approximate surface area is 58.4 Å². The average Bonchev–Trinajstić information content (AvgIpc) is 1.65. The molecule has 0 rings (SSSR count). The Morgan fingerprint density at radius 3 is 1.44 bits per heavy atom. The SMILES string of the molecule is CC(C)C.CCN(C)O. The molecular formula is C7H19NO. The maximum absolute atomic E-state index is 8.19. The summed E-state index contributed by atoms with van der Waals surface area (Å²) < 4.78 is 0. The zero-order valence-corrected chi connectivity index (χ0v) is 7.18. The second-order valence-electron chi connectivity index (χ2n) is 2.71. The summed E-state index contributed by atoms with van der Waals surface area (Å²) in [5.41, 5.74) is 0. The van der Waals surface area contributed by atoms with Crippen molar-refractivity contribution in [2.45, 2.75) is 27.7 Å². The number of nitrogens with zero attached hydrogens (tertiary/aromatic N) is 1. The summed E-state index contributed by atoms with van der Waals surface area (Å²) in [6.07, 6.45) is 0. The minimum Gasteiger partial charge on any atom is -0.314 e. The van der Waals surface area contributed by atoms with E-state index in [-0.39, 0.29) is 0 Å². The van der Waals surface area contributed by atoms with E-state index in [1.54, 1.807) is 7.05 Å². The lowest BCUT2D eigenvalue weighted by Crippen LogP contribution is -2.09. The minimum absolute atomic E-state index is 0.694. The molecule has 0 fully saturated rings. The van der Waals surface area contributed by atoms with Gasteiger partial charge in [-0.3, -0.25) is 0 Å². The Morgan fingerprint density at radius 2 is 1.44 bits per heavy atom. The molecule has 9 heavy (non-hydrogen) atoms. The van der Waals surface area contributed by atoms with Gasteiger partial charge in [-0.25, -0.2) is 0 Å². The third-order valence-corrected chi connectivity index (χ3v) is 0.458. The van der Waals surface area contributed by atoms with Crippen molar-refractivity contribution in [3.63, 3.8) is 0 Å². The molecule has 2 heteroatoms. The first-order valence-electron chi connectivity index (χ1n) is 3.40. The Morgan fingerprint density at radius 1 is 1.33 bits per heavy atom. The Kier molecular flexibility index (Phi) is 10.3. The van der Waals surface area contributed by atoms with Gasteiger partial charge >= 0.3 is 0 Å². The zero-order valence-electron chi connectivity index (χ0n) is 7.18. The molecule has 0 aliphatic heterocycles. The lowest BCUT2D eigenvalue weighted by Gasteiger charge is -1.98. The molecule has 1 N–H and O–H groups in total. The van der Waals surface area contributed by atoms with Crippen LogP contribution in [0.4, 0.5) is 0 Å². The summed E-state index contributed by atoms with van der Waals surface area (Å²) in [6.45, 7) is 9.07. The normalized spacial score (nSPS) is 9.33. The molecule has 0 aliphatic rings. The maximum atomic E-state index is 8.19. The summed E-state index contributed by atoms with van der Waals surface area (Å²) >= 11 is 0. The Hall–Kier alpha value is -0.0800. The van der Waals surface area contributed by atoms with Gasteiger partial charge < -0.3 is 5.21 Å². The molecule has 0 aromatic rings. The molecule has 0 saturated heterocycles. The van der Waals surface area contributed by atoms with Crippen LogP contribution in [0.25, 0.3) is 0 Å². The van der Waals surface area contributed by atoms with E-state index in [4.69, 9.17) is 5.21 Å². The quantitative estimate of drug-likeness (QED) is 0.553. The van der Waals surface area contributed by atoms with Crippen molar-refractivity contribution in [1.82, 2.24) is 5.06 Å². The molecule has 0 aliphatic carbocycles. The van der Waals surface area contributed by atoms with Crippen molar-refractivity contribution in [3.05, 3.63) is 0 Å². The van der Waals surface area contributed by atoms with Crippen LogP contribution in [0.15, 0.2) is 0 Å². The van der Waals surface area contributed by atoms with E-state index in [0.717, 1.165) is 11.0 Å². The van der Waals surface area contributed by atoms with Crippen LogP contribution in [0, 0.1) is 5.92 Å². The third kappa shape index (κ3) is 75.3. The van der Waals surface area contributed by atoms with Crippen molar-refractivity contribution in [2.24, 2.45) is 5.92 Å². The molecule has 0 atom stereocenters. The first-order valence-corrected chi connectivity index (χ1v) is 3.40. The fraction of sp³-hybridized carbons (Fsp3) is 1.00. The summed E-state index contributed by atoms with van der Waals surface area (Å²) in [7, 11) is 1.61. The molecule has 0 heterocycles. The second-order valence-corrected chi connectivity index (χ2v) is 2.71. The smallest absolute Gasteiger partial charge is 0.0206 e. The molecule has 58 valence electrons. The van der Waals surface area contributed by atoms with E-state index in [2.05, 4.69) is 20.8 Å².